The number of benzene rings is 1. The minimum absolute atomic E-state index is 0.150. The molecule has 1 atom stereocenters. The van der Waals surface area contributed by atoms with E-state index in [9.17, 15) is 5.11 Å². The van der Waals surface area contributed by atoms with Gasteiger partial charge in [-0.3, -0.25) is 9.88 Å². The SMILES string of the molecule is Oc1cccc(C(c2nnnn2C2CCCC2)N2CCN(c3c(Cl)cncc3Cl)CC2)c1. The molecule has 1 aliphatic heterocycles. The molecular weight excluding hydrogens is 449 g/mol. The van der Waals surface area contributed by atoms with E-state index in [2.05, 4.69) is 30.3 Å². The summed E-state index contributed by atoms with van der Waals surface area (Å²) in [4.78, 5) is 8.63. The van der Waals surface area contributed by atoms with Gasteiger partial charge in [-0.2, -0.15) is 0 Å². The molecule has 32 heavy (non-hydrogen) atoms. The zero-order chi connectivity index (χ0) is 22.1. The summed E-state index contributed by atoms with van der Waals surface area (Å²) in [6.45, 7) is 3.05. The lowest BCUT2D eigenvalue weighted by Gasteiger charge is -2.40. The number of anilines is 1. The van der Waals surface area contributed by atoms with Crippen LogP contribution in [0.25, 0.3) is 0 Å². The molecule has 8 nitrogen and oxygen atoms in total. The van der Waals surface area contributed by atoms with Crippen molar-refractivity contribution in [2.24, 2.45) is 0 Å². The van der Waals surface area contributed by atoms with E-state index in [1.165, 1.54) is 12.8 Å². The highest BCUT2D eigenvalue weighted by Crippen LogP contribution is 2.37. The number of tetrazole rings is 1. The van der Waals surface area contributed by atoms with Gasteiger partial charge < -0.3 is 10.0 Å². The van der Waals surface area contributed by atoms with E-state index < -0.39 is 0 Å². The lowest BCUT2D eigenvalue weighted by Crippen LogP contribution is -2.48. The van der Waals surface area contributed by atoms with Crippen LogP contribution in [-0.2, 0) is 0 Å². The van der Waals surface area contributed by atoms with Gasteiger partial charge in [0.25, 0.3) is 0 Å². The Morgan fingerprint density at radius 2 is 1.72 bits per heavy atom. The second-order valence-corrected chi connectivity index (χ2v) is 9.21. The maximum Gasteiger partial charge on any atom is 0.173 e. The first-order valence-corrected chi connectivity index (χ1v) is 11.7. The number of rotatable bonds is 5. The first-order valence-electron chi connectivity index (χ1n) is 11.0. The zero-order valence-corrected chi connectivity index (χ0v) is 19.1. The molecule has 2 aliphatic rings. The molecule has 0 spiro atoms. The standard InChI is InChI=1S/C22H25Cl2N7O/c23-18-13-25-14-19(24)21(18)30-10-8-29(9-11-30)20(15-4-3-7-17(32)12-15)22-26-27-28-31(22)16-5-1-2-6-16/h3-4,7,12-14,16,20,32H,1-2,5-6,8-11H2. The number of nitrogens with zero attached hydrogens (tertiary/aromatic N) is 7. The predicted molar refractivity (Wildman–Crippen MR) is 123 cm³/mol. The lowest BCUT2D eigenvalue weighted by molar-refractivity contribution is 0.197. The van der Waals surface area contributed by atoms with E-state index in [4.69, 9.17) is 23.2 Å². The molecule has 0 amide bonds. The fraction of sp³-hybridized carbons (Fsp3) is 0.455. The molecule has 2 aromatic heterocycles. The fourth-order valence-electron chi connectivity index (χ4n) is 4.92. The van der Waals surface area contributed by atoms with Crippen LogP contribution in [0.15, 0.2) is 36.7 Å². The first kappa shape index (κ1) is 21.4. The number of pyridine rings is 1. The van der Waals surface area contributed by atoms with Gasteiger partial charge in [0.1, 0.15) is 5.75 Å². The highest BCUT2D eigenvalue weighted by atomic mass is 35.5. The summed E-state index contributed by atoms with van der Waals surface area (Å²) < 4.78 is 2.00. The topological polar surface area (TPSA) is 83.2 Å². The highest BCUT2D eigenvalue weighted by molar-refractivity contribution is 6.38. The van der Waals surface area contributed by atoms with Crippen molar-refractivity contribution in [3.8, 4) is 5.75 Å². The molecule has 1 aliphatic carbocycles. The monoisotopic (exact) mass is 473 g/mol. The van der Waals surface area contributed by atoms with Crippen molar-refractivity contribution < 1.29 is 5.11 Å². The van der Waals surface area contributed by atoms with Crippen molar-refractivity contribution in [1.29, 1.82) is 0 Å². The molecule has 1 N–H and O–H groups in total. The Balaban J connectivity index is 1.45. The average molecular weight is 474 g/mol. The van der Waals surface area contributed by atoms with Crippen LogP contribution in [0.5, 0.6) is 5.75 Å². The smallest absolute Gasteiger partial charge is 0.173 e. The van der Waals surface area contributed by atoms with Crippen molar-refractivity contribution in [2.45, 2.75) is 37.8 Å². The van der Waals surface area contributed by atoms with E-state index in [0.717, 1.165) is 56.1 Å². The van der Waals surface area contributed by atoms with E-state index in [-0.39, 0.29) is 11.8 Å². The van der Waals surface area contributed by atoms with Crippen LogP contribution in [-0.4, -0.2) is 61.4 Å². The molecule has 2 fully saturated rings. The Labute approximate surface area is 196 Å². The number of piperazine rings is 1. The summed E-state index contributed by atoms with van der Waals surface area (Å²) >= 11 is 12.8. The summed E-state index contributed by atoms with van der Waals surface area (Å²) in [5.41, 5.74) is 1.81. The summed E-state index contributed by atoms with van der Waals surface area (Å²) in [5, 5.41) is 24.1. The first-order chi connectivity index (χ1) is 15.6. The number of aromatic hydroxyl groups is 1. The summed E-state index contributed by atoms with van der Waals surface area (Å²) in [7, 11) is 0. The van der Waals surface area contributed by atoms with Crippen LogP contribution >= 0.6 is 23.2 Å². The third-order valence-corrected chi connectivity index (χ3v) is 7.00. The van der Waals surface area contributed by atoms with Gasteiger partial charge in [0.2, 0.25) is 0 Å². The van der Waals surface area contributed by atoms with E-state index >= 15 is 0 Å². The number of phenols is 1. The Kier molecular flexibility index (Phi) is 6.17. The summed E-state index contributed by atoms with van der Waals surface area (Å²) in [6.07, 6.45) is 7.84. The molecule has 0 radical (unpaired) electrons. The molecule has 3 heterocycles. The van der Waals surface area contributed by atoms with E-state index in [0.29, 0.717) is 16.1 Å². The molecule has 1 saturated carbocycles. The molecule has 1 unspecified atom stereocenters. The van der Waals surface area contributed by atoms with Crippen molar-refractivity contribution >= 4 is 28.9 Å². The second kappa shape index (κ2) is 9.21. The largest absolute Gasteiger partial charge is 0.508 e. The zero-order valence-electron chi connectivity index (χ0n) is 17.6. The van der Waals surface area contributed by atoms with Gasteiger partial charge in [0.05, 0.1) is 27.8 Å². The Morgan fingerprint density at radius 1 is 1.00 bits per heavy atom. The third kappa shape index (κ3) is 4.14. The molecule has 168 valence electrons. The lowest BCUT2D eigenvalue weighted by atomic mass is 10.0. The minimum Gasteiger partial charge on any atom is -0.508 e. The quantitative estimate of drug-likeness (QED) is 0.596. The fourth-order valence-corrected chi connectivity index (χ4v) is 5.52. The van der Waals surface area contributed by atoms with Gasteiger partial charge in [-0.15, -0.1) is 5.10 Å². The van der Waals surface area contributed by atoms with Gasteiger partial charge in [0, 0.05) is 38.6 Å². The molecule has 0 bridgehead atoms. The van der Waals surface area contributed by atoms with Crippen LogP contribution in [0.1, 0.15) is 49.2 Å². The number of hydrogen-bond acceptors (Lipinski definition) is 7. The van der Waals surface area contributed by atoms with Gasteiger partial charge >= 0.3 is 0 Å². The third-order valence-electron chi connectivity index (χ3n) is 6.44. The Hall–Kier alpha value is -2.42. The van der Waals surface area contributed by atoms with Crippen LogP contribution < -0.4 is 4.90 Å². The molecule has 1 saturated heterocycles. The second-order valence-electron chi connectivity index (χ2n) is 8.39. The van der Waals surface area contributed by atoms with Crippen molar-refractivity contribution in [1.82, 2.24) is 30.1 Å². The summed E-state index contributed by atoms with van der Waals surface area (Å²) in [5.74, 6) is 1.07. The molecule has 1 aromatic carbocycles. The number of halogens is 2. The van der Waals surface area contributed by atoms with E-state index in [1.807, 2.05) is 16.8 Å². The van der Waals surface area contributed by atoms with Crippen LogP contribution in [0.3, 0.4) is 0 Å². The van der Waals surface area contributed by atoms with Crippen LogP contribution in [0, 0.1) is 0 Å². The Morgan fingerprint density at radius 3 is 2.41 bits per heavy atom. The van der Waals surface area contributed by atoms with Crippen molar-refractivity contribution in [2.75, 3.05) is 31.1 Å². The minimum atomic E-state index is -0.150. The molecule has 10 heteroatoms. The van der Waals surface area contributed by atoms with Gasteiger partial charge in [-0.05, 0) is 41.0 Å². The van der Waals surface area contributed by atoms with Crippen LogP contribution in [0.2, 0.25) is 10.0 Å². The molecule has 3 aromatic rings. The van der Waals surface area contributed by atoms with Crippen LogP contribution in [0.4, 0.5) is 5.69 Å². The average Bonchev–Trinajstić information content (AvgIpc) is 3.47. The summed E-state index contributed by atoms with van der Waals surface area (Å²) in [6, 6.07) is 7.57. The van der Waals surface area contributed by atoms with Gasteiger partial charge in [-0.1, -0.05) is 48.2 Å². The molecular formula is C22H25Cl2N7O. The maximum atomic E-state index is 10.2. The van der Waals surface area contributed by atoms with Gasteiger partial charge in [0.15, 0.2) is 5.82 Å². The molecule has 5 rings (SSSR count). The van der Waals surface area contributed by atoms with E-state index in [1.54, 1.807) is 24.5 Å². The van der Waals surface area contributed by atoms with Gasteiger partial charge in [-0.25, -0.2) is 4.68 Å². The normalized spacial score (nSPS) is 18.9. The number of hydrogen-bond donors (Lipinski definition) is 1. The number of aromatic nitrogens is 5. The Bertz CT molecular complexity index is 1060. The number of phenolic OH excluding ortho intramolecular Hbond substituents is 1. The highest BCUT2D eigenvalue weighted by Gasteiger charge is 2.33. The predicted octanol–water partition coefficient (Wildman–Crippen LogP) is 4.11. The maximum absolute atomic E-state index is 10.2. The van der Waals surface area contributed by atoms with Crippen molar-refractivity contribution in [3.63, 3.8) is 0 Å². The van der Waals surface area contributed by atoms with Crippen molar-refractivity contribution in [3.05, 3.63) is 58.1 Å².